The van der Waals surface area contributed by atoms with Crippen molar-refractivity contribution >= 4 is 16.8 Å². The van der Waals surface area contributed by atoms with Crippen LogP contribution >= 0.6 is 0 Å². The van der Waals surface area contributed by atoms with E-state index in [0.29, 0.717) is 29.1 Å². The summed E-state index contributed by atoms with van der Waals surface area (Å²) < 4.78 is 124. The van der Waals surface area contributed by atoms with E-state index in [4.69, 9.17) is 9.47 Å². The number of aryl methyl sites for hydroxylation is 1. The van der Waals surface area contributed by atoms with Gasteiger partial charge in [-0.3, -0.25) is 9.48 Å². The summed E-state index contributed by atoms with van der Waals surface area (Å²) in [5.41, 5.74) is -7.03. The monoisotopic (exact) mass is 644 g/mol. The van der Waals surface area contributed by atoms with Crippen LogP contribution in [0.3, 0.4) is 0 Å². The van der Waals surface area contributed by atoms with Crippen LogP contribution in [0.2, 0.25) is 0 Å². The van der Waals surface area contributed by atoms with Crippen molar-refractivity contribution in [1.29, 1.82) is 0 Å². The topological polar surface area (TPSA) is 98.5 Å². The van der Waals surface area contributed by atoms with Gasteiger partial charge in [-0.05, 0) is 55.7 Å². The van der Waals surface area contributed by atoms with Crippen molar-refractivity contribution < 1.29 is 54.5 Å². The zero-order valence-corrected chi connectivity index (χ0v) is 23.5. The summed E-state index contributed by atoms with van der Waals surface area (Å²) in [5.74, 6) is -7.06. The first-order chi connectivity index (χ1) is 21.1. The zero-order valence-electron chi connectivity index (χ0n) is 23.5. The number of ether oxygens (including phenoxy) is 2. The third-order valence-electron chi connectivity index (χ3n) is 7.19. The van der Waals surface area contributed by atoms with Crippen LogP contribution in [0.15, 0.2) is 36.5 Å². The molecule has 4 aromatic rings. The van der Waals surface area contributed by atoms with Gasteiger partial charge in [-0.25, -0.2) is 26.9 Å². The normalized spacial score (nSPS) is 14.9. The third-order valence-corrected chi connectivity index (χ3v) is 7.19. The predicted octanol–water partition coefficient (Wildman–Crippen LogP) is 5.99. The Morgan fingerprint density at radius 3 is 2.47 bits per heavy atom. The second kappa shape index (κ2) is 11.8. The van der Waals surface area contributed by atoms with Crippen molar-refractivity contribution in [2.45, 2.75) is 44.0 Å². The van der Waals surface area contributed by atoms with E-state index < -0.39 is 77.4 Å². The number of carbonyl (C=O) groups excluding carboxylic acids is 1. The molecule has 1 aliphatic rings. The van der Waals surface area contributed by atoms with Crippen molar-refractivity contribution in [3.8, 4) is 22.8 Å². The number of alkyl halides is 5. The minimum absolute atomic E-state index is 0.122. The lowest BCUT2D eigenvalue weighted by atomic mass is 9.94. The van der Waals surface area contributed by atoms with Gasteiger partial charge in [0.2, 0.25) is 5.60 Å². The SMILES string of the molecule is COc1cc(C(=O)NC[C@](O)(c2cc(C)c(OCC(F)F)c(-c3ccc(F)c(F)c3F)n2)C(F)(F)F)cc2cn(C3CC3)nc12. The molecule has 5 rings (SSSR count). The number of amides is 1. The maximum Gasteiger partial charge on any atom is 0.424 e. The average molecular weight is 645 g/mol. The van der Waals surface area contributed by atoms with Crippen LogP contribution in [0.4, 0.5) is 35.1 Å². The Labute approximate surface area is 249 Å². The van der Waals surface area contributed by atoms with Gasteiger partial charge in [0, 0.05) is 22.7 Å². The average Bonchev–Trinajstić information content (AvgIpc) is 3.74. The largest absolute Gasteiger partial charge is 0.494 e. The van der Waals surface area contributed by atoms with Gasteiger partial charge in [0.1, 0.15) is 29.3 Å². The van der Waals surface area contributed by atoms with Gasteiger partial charge < -0.3 is 19.9 Å². The van der Waals surface area contributed by atoms with Crippen molar-refractivity contribution in [3.05, 3.63) is 70.8 Å². The highest BCUT2D eigenvalue weighted by molar-refractivity contribution is 5.99. The Balaban J connectivity index is 1.53. The molecule has 16 heteroatoms. The standard InChI is InChI=1S/C29H24F8N4O4/c1-13-7-20(39-25(26(13)45-11-21(31)32)17-5-6-18(30)23(34)22(17)33)28(43,29(35,36)37)12-38-27(42)14-8-15-10-41(16-3-4-16)40-24(15)19(9-14)44-2/h5-10,16,21,43H,3-4,11-12H2,1-2H3,(H,38,42)/t28-/m0/s1. The van der Waals surface area contributed by atoms with Gasteiger partial charge in [-0.2, -0.15) is 18.3 Å². The molecule has 1 saturated carbocycles. The number of benzene rings is 2. The highest BCUT2D eigenvalue weighted by Crippen LogP contribution is 2.42. The highest BCUT2D eigenvalue weighted by Gasteiger charge is 2.56. The summed E-state index contributed by atoms with van der Waals surface area (Å²) >= 11 is 0. The number of hydrogen-bond acceptors (Lipinski definition) is 6. The van der Waals surface area contributed by atoms with Crippen molar-refractivity contribution in [2.75, 3.05) is 20.3 Å². The van der Waals surface area contributed by atoms with Crippen LogP contribution in [0.1, 0.15) is 40.5 Å². The number of rotatable bonds is 10. The third kappa shape index (κ3) is 6.10. The van der Waals surface area contributed by atoms with Crippen LogP contribution in [0, 0.1) is 24.4 Å². The van der Waals surface area contributed by atoms with Crippen molar-refractivity contribution in [2.24, 2.45) is 0 Å². The predicted molar refractivity (Wildman–Crippen MR) is 143 cm³/mol. The molecule has 0 saturated heterocycles. The molecule has 1 amide bonds. The molecular weight excluding hydrogens is 620 g/mol. The second-order valence-corrected chi connectivity index (χ2v) is 10.4. The first-order valence-electron chi connectivity index (χ1n) is 13.4. The Kier molecular flexibility index (Phi) is 8.37. The lowest BCUT2D eigenvalue weighted by Crippen LogP contribution is -2.51. The molecule has 2 heterocycles. The molecule has 1 fully saturated rings. The summed E-state index contributed by atoms with van der Waals surface area (Å²) in [5, 5.41) is 17.9. The second-order valence-electron chi connectivity index (χ2n) is 10.4. The summed E-state index contributed by atoms with van der Waals surface area (Å²) in [6.45, 7) is -1.72. The fraction of sp³-hybridized carbons (Fsp3) is 0.345. The Hall–Kier alpha value is -4.47. The first-order valence-corrected chi connectivity index (χ1v) is 13.4. The minimum atomic E-state index is -5.53. The van der Waals surface area contributed by atoms with E-state index in [-0.39, 0.29) is 22.9 Å². The van der Waals surface area contributed by atoms with Crippen LogP contribution in [-0.4, -0.2) is 58.6 Å². The molecule has 0 unspecified atom stereocenters. The molecule has 1 aliphatic carbocycles. The molecule has 0 spiro atoms. The quantitative estimate of drug-likeness (QED) is 0.163. The van der Waals surface area contributed by atoms with Gasteiger partial charge in [0.15, 0.2) is 17.5 Å². The lowest BCUT2D eigenvalue weighted by molar-refractivity contribution is -0.265. The van der Waals surface area contributed by atoms with E-state index in [1.807, 2.05) is 5.32 Å². The molecule has 0 radical (unpaired) electrons. The summed E-state index contributed by atoms with van der Waals surface area (Å²) in [4.78, 5) is 16.7. The smallest absolute Gasteiger partial charge is 0.424 e. The van der Waals surface area contributed by atoms with Gasteiger partial charge >= 0.3 is 6.18 Å². The van der Waals surface area contributed by atoms with Gasteiger partial charge in [0.05, 0.1) is 25.4 Å². The number of pyridine rings is 1. The van der Waals surface area contributed by atoms with E-state index >= 15 is 0 Å². The molecule has 1 atom stereocenters. The number of methoxy groups -OCH3 is 1. The maximum absolute atomic E-state index is 14.8. The fourth-order valence-electron chi connectivity index (χ4n) is 4.67. The molecule has 2 aromatic carbocycles. The van der Waals surface area contributed by atoms with E-state index in [9.17, 15) is 45.0 Å². The number of aromatic nitrogens is 3. The summed E-state index contributed by atoms with van der Waals surface area (Å²) in [6, 6.07) is 4.54. The lowest BCUT2D eigenvalue weighted by Gasteiger charge is -2.31. The molecule has 45 heavy (non-hydrogen) atoms. The molecule has 0 aliphatic heterocycles. The Bertz CT molecular complexity index is 1770. The van der Waals surface area contributed by atoms with Gasteiger partial charge in [-0.15, -0.1) is 0 Å². The highest BCUT2D eigenvalue weighted by atomic mass is 19.4. The van der Waals surface area contributed by atoms with Crippen LogP contribution in [0.5, 0.6) is 11.5 Å². The van der Waals surface area contributed by atoms with E-state index in [1.165, 1.54) is 19.2 Å². The molecular formula is C29H24F8N4O4. The van der Waals surface area contributed by atoms with Crippen LogP contribution in [-0.2, 0) is 5.60 Å². The molecule has 8 nitrogen and oxygen atoms in total. The van der Waals surface area contributed by atoms with E-state index in [2.05, 4.69) is 10.1 Å². The fourth-order valence-corrected chi connectivity index (χ4v) is 4.67. The molecule has 2 aromatic heterocycles. The Morgan fingerprint density at radius 1 is 1.13 bits per heavy atom. The van der Waals surface area contributed by atoms with Crippen LogP contribution < -0.4 is 14.8 Å². The number of halogens is 8. The maximum atomic E-state index is 14.8. The first kappa shape index (κ1) is 31.9. The van der Waals surface area contributed by atoms with E-state index in [1.54, 1.807) is 10.9 Å². The number of nitrogens with zero attached hydrogens (tertiary/aromatic N) is 3. The number of hydrogen-bond donors (Lipinski definition) is 2. The summed E-state index contributed by atoms with van der Waals surface area (Å²) in [6.07, 6.45) is -5.10. The molecule has 240 valence electrons. The van der Waals surface area contributed by atoms with E-state index in [0.717, 1.165) is 19.8 Å². The number of carbonyl (C=O) groups is 1. The van der Waals surface area contributed by atoms with Crippen LogP contribution in [0.25, 0.3) is 22.2 Å². The Morgan fingerprint density at radius 2 is 1.84 bits per heavy atom. The van der Waals surface area contributed by atoms with Crippen molar-refractivity contribution in [1.82, 2.24) is 20.1 Å². The minimum Gasteiger partial charge on any atom is -0.494 e. The number of fused-ring (bicyclic) bond motifs is 1. The van der Waals surface area contributed by atoms with Gasteiger partial charge in [-0.1, -0.05) is 0 Å². The number of nitrogens with one attached hydrogen (secondary N) is 1. The summed E-state index contributed by atoms with van der Waals surface area (Å²) in [7, 11) is 1.32. The molecule has 0 bridgehead atoms. The van der Waals surface area contributed by atoms with Crippen molar-refractivity contribution in [3.63, 3.8) is 0 Å². The zero-order chi connectivity index (χ0) is 32.8. The molecule has 2 N–H and O–H groups in total. The van der Waals surface area contributed by atoms with Gasteiger partial charge in [0.25, 0.3) is 12.3 Å². The number of aliphatic hydroxyl groups is 1.